The molecule has 0 radical (unpaired) electrons. The molecule has 1 aromatic carbocycles. The van der Waals surface area contributed by atoms with Gasteiger partial charge in [-0.15, -0.1) is 0 Å². The highest BCUT2D eigenvalue weighted by Crippen LogP contribution is 2.30. The molecule has 0 aromatic heterocycles. The largest absolute Gasteiger partial charge is 0.381 e. The molecule has 0 saturated carbocycles. The Hall–Kier alpha value is -0.550. The highest BCUT2D eigenvalue weighted by Gasteiger charge is 2.35. The standard InChI is InChI=1S/C18H28N2OS/c1-20(2)18(8-10-21-11-9-18)14-19-17-13-22-12-7-15-5-3-4-6-16(15)17/h3-6,17,19H,7-14H2,1-2H3/t17-/m1/s1. The van der Waals surface area contributed by atoms with E-state index in [0.29, 0.717) is 6.04 Å². The maximum absolute atomic E-state index is 5.58. The van der Waals surface area contributed by atoms with E-state index < -0.39 is 0 Å². The Morgan fingerprint density at radius 1 is 1.27 bits per heavy atom. The highest BCUT2D eigenvalue weighted by molar-refractivity contribution is 7.99. The van der Waals surface area contributed by atoms with Crippen molar-refractivity contribution in [2.45, 2.75) is 30.8 Å². The predicted molar refractivity (Wildman–Crippen MR) is 94.7 cm³/mol. The summed E-state index contributed by atoms with van der Waals surface area (Å²) in [6, 6.07) is 9.44. The molecule has 1 aromatic rings. The maximum atomic E-state index is 5.58. The molecule has 2 aliphatic rings. The van der Waals surface area contributed by atoms with Crippen LogP contribution in [0.1, 0.15) is 30.0 Å². The van der Waals surface area contributed by atoms with E-state index >= 15 is 0 Å². The van der Waals surface area contributed by atoms with Crippen molar-refractivity contribution >= 4 is 11.8 Å². The molecule has 4 heteroatoms. The molecule has 22 heavy (non-hydrogen) atoms. The van der Waals surface area contributed by atoms with Crippen molar-refractivity contribution in [1.82, 2.24) is 10.2 Å². The lowest BCUT2D eigenvalue weighted by molar-refractivity contribution is -0.00801. The summed E-state index contributed by atoms with van der Waals surface area (Å²) in [6.45, 7) is 2.81. The number of hydrogen-bond donors (Lipinski definition) is 1. The first kappa shape index (κ1) is 16.3. The van der Waals surface area contributed by atoms with Crippen LogP contribution >= 0.6 is 11.8 Å². The summed E-state index contributed by atoms with van der Waals surface area (Å²) in [5.74, 6) is 2.42. The van der Waals surface area contributed by atoms with Gasteiger partial charge in [-0.2, -0.15) is 11.8 Å². The van der Waals surface area contributed by atoms with Crippen LogP contribution in [0.25, 0.3) is 0 Å². The lowest BCUT2D eigenvalue weighted by Gasteiger charge is -2.43. The second-order valence-electron chi connectivity index (χ2n) is 6.69. The number of nitrogens with zero attached hydrogens (tertiary/aromatic N) is 1. The van der Waals surface area contributed by atoms with Gasteiger partial charge in [0.1, 0.15) is 0 Å². The second kappa shape index (κ2) is 7.35. The fourth-order valence-corrected chi connectivity index (χ4v) is 4.65. The van der Waals surface area contributed by atoms with Gasteiger partial charge in [-0.3, -0.25) is 0 Å². The van der Waals surface area contributed by atoms with Gasteiger partial charge in [-0.1, -0.05) is 24.3 Å². The molecule has 1 fully saturated rings. The van der Waals surface area contributed by atoms with E-state index in [1.165, 1.54) is 29.1 Å². The zero-order chi connectivity index (χ0) is 15.4. The van der Waals surface area contributed by atoms with E-state index in [-0.39, 0.29) is 5.54 Å². The molecule has 0 spiro atoms. The molecule has 0 aliphatic carbocycles. The van der Waals surface area contributed by atoms with E-state index in [9.17, 15) is 0 Å². The van der Waals surface area contributed by atoms with Gasteiger partial charge in [0.15, 0.2) is 0 Å². The molecule has 0 bridgehead atoms. The van der Waals surface area contributed by atoms with Crippen molar-refractivity contribution in [1.29, 1.82) is 0 Å². The predicted octanol–water partition coefficient (Wildman–Crippen LogP) is 2.72. The van der Waals surface area contributed by atoms with E-state index in [1.807, 2.05) is 0 Å². The number of rotatable bonds is 4. The Morgan fingerprint density at radius 3 is 2.82 bits per heavy atom. The molecular weight excluding hydrogens is 292 g/mol. The summed E-state index contributed by atoms with van der Waals surface area (Å²) < 4.78 is 5.58. The van der Waals surface area contributed by atoms with Crippen molar-refractivity contribution in [2.24, 2.45) is 0 Å². The summed E-state index contributed by atoms with van der Waals surface area (Å²) in [7, 11) is 4.42. The quantitative estimate of drug-likeness (QED) is 0.922. The van der Waals surface area contributed by atoms with Gasteiger partial charge in [0, 0.05) is 37.1 Å². The first-order valence-corrected chi connectivity index (χ1v) is 9.51. The number of thioether (sulfide) groups is 1. The van der Waals surface area contributed by atoms with Crippen LogP contribution in [-0.2, 0) is 11.2 Å². The molecule has 0 amide bonds. The van der Waals surface area contributed by atoms with Crippen LogP contribution in [0.15, 0.2) is 24.3 Å². The summed E-state index contributed by atoms with van der Waals surface area (Å²) in [5.41, 5.74) is 3.27. The monoisotopic (exact) mass is 320 g/mol. The van der Waals surface area contributed by atoms with E-state index in [4.69, 9.17) is 4.74 Å². The molecule has 3 nitrogen and oxygen atoms in total. The third kappa shape index (κ3) is 3.51. The van der Waals surface area contributed by atoms with Crippen molar-refractivity contribution in [2.75, 3.05) is 45.4 Å². The smallest absolute Gasteiger partial charge is 0.0484 e. The first-order chi connectivity index (χ1) is 10.7. The third-order valence-corrected chi connectivity index (χ3v) is 6.34. The normalized spacial score (nSPS) is 24.8. The number of benzene rings is 1. The average Bonchev–Trinajstić information content (AvgIpc) is 2.76. The van der Waals surface area contributed by atoms with E-state index in [2.05, 4.69) is 60.3 Å². The highest BCUT2D eigenvalue weighted by atomic mass is 32.2. The number of nitrogens with one attached hydrogen (secondary N) is 1. The SMILES string of the molecule is CN(C)C1(CN[C@@H]2CSCCc3ccccc32)CCOCC1. The Bertz CT molecular complexity index is 486. The van der Waals surface area contributed by atoms with Gasteiger partial charge in [-0.05, 0) is 50.2 Å². The van der Waals surface area contributed by atoms with Gasteiger partial charge in [0.2, 0.25) is 0 Å². The van der Waals surface area contributed by atoms with Crippen LogP contribution in [0, 0.1) is 0 Å². The van der Waals surface area contributed by atoms with Crippen molar-refractivity contribution in [3.63, 3.8) is 0 Å². The average molecular weight is 321 g/mol. The van der Waals surface area contributed by atoms with E-state index in [1.54, 1.807) is 0 Å². The molecule has 1 saturated heterocycles. The number of ether oxygens (including phenoxy) is 1. The van der Waals surface area contributed by atoms with Gasteiger partial charge < -0.3 is 15.0 Å². The Labute approximate surface area is 138 Å². The summed E-state index contributed by atoms with van der Waals surface area (Å²) in [6.07, 6.45) is 3.44. The molecule has 2 aliphatic heterocycles. The molecule has 2 heterocycles. The number of likely N-dealkylation sites (N-methyl/N-ethyl adjacent to an activating group) is 1. The van der Waals surface area contributed by atoms with Crippen LogP contribution in [-0.4, -0.2) is 55.8 Å². The van der Waals surface area contributed by atoms with Crippen molar-refractivity contribution < 1.29 is 4.74 Å². The van der Waals surface area contributed by atoms with Gasteiger partial charge >= 0.3 is 0 Å². The van der Waals surface area contributed by atoms with Crippen LogP contribution in [0.4, 0.5) is 0 Å². The molecule has 1 atom stereocenters. The number of aryl methyl sites for hydroxylation is 1. The maximum Gasteiger partial charge on any atom is 0.0484 e. The van der Waals surface area contributed by atoms with Gasteiger partial charge in [-0.25, -0.2) is 0 Å². The number of fused-ring (bicyclic) bond motifs is 1. The molecule has 0 unspecified atom stereocenters. The molecule has 122 valence electrons. The fraction of sp³-hybridized carbons (Fsp3) is 0.667. The first-order valence-electron chi connectivity index (χ1n) is 8.35. The van der Waals surface area contributed by atoms with Crippen LogP contribution < -0.4 is 5.32 Å². The lowest BCUT2D eigenvalue weighted by Crippen LogP contribution is -2.55. The minimum atomic E-state index is 0.240. The summed E-state index contributed by atoms with van der Waals surface area (Å²) in [4.78, 5) is 2.40. The molecule has 1 N–H and O–H groups in total. The van der Waals surface area contributed by atoms with Gasteiger partial charge in [0.25, 0.3) is 0 Å². The van der Waals surface area contributed by atoms with E-state index in [0.717, 1.165) is 32.6 Å². The van der Waals surface area contributed by atoms with Crippen LogP contribution in [0.5, 0.6) is 0 Å². The Morgan fingerprint density at radius 2 is 2.05 bits per heavy atom. The Kier molecular flexibility index (Phi) is 5.45. The van der Waals surface area contributed by atoms with Crippen LogP contribution in [0.2, 0.25) is 0 Å². The minimum Gasteiger partial charge on any atom is -0.381 e. The lowest BCUT2D eigenvalue weighted by atomic mass is 9.88. The molecular formula is C18H28N2OS. The second-order valence-corrected chi connectivity index (χ2v) is 7.84. The zero-order valence-electron chi connectivity index (χ0n) is 13.8. The number of hydrogen-bond acceptors (Lipinski definition) is 4. The summed E-state index contributed by atoms with van der Waals surface area (Å²) >= 11 is 2.07. The van der Waals surface area contributed by atoms with Gasteiger partial charge in [0.05, 0.1) is 0 Å². The van der Waals surface area contributed by atoms with Crippen molar-refractivity contribution in [3.8, 4) is 0 Å². The third-order valence-electron chi connectivity index (χ3n) is 5.28. The summed E-state index contributed by atoms with van der Waals surface area (Å²) in [5, 5.41) is 3.89. The Balaban J connectivity index is 1.72. The fourth-order valence-electron chi connectivity index (χ4n) is 3.59. The topological polar surface area (TPSA) is 24.5 Å². The molecule has 3 rings (SSSR count). The van der Waals surface area contributed by atoms with Crippen LogP contribution in [0.3, 0.4) is 0 Å². The van der Waals surface area contributed by atoms with Crippen molar-refractivity contribution in [3.05, 3.63) is 35.4 Å². The zero-order valence-corrected chi connectivity index (χ0v) is 14.6. The minimum absolute atomic E-state index is 0.240.